The summed E-state index contributed by atoms with van der Waals surface area (Å²) in [5, 5.41) is 134. The fraction of sp³-hybridized carbons (Fsp3) is 1.00. The van der Waals surface area contributed by atoms with Gasteiger partial charge in [-0.15, -0.1) is 0 Å². The van der Waals surface area contributed by atoms with Crippen LogP contribution in [0.2, 0.25) is 0 Å². The average Bonchev–Trinajstić information content (AvgIpc) is 2.86. The second kappa shape index (κ2) is 14.9. The molecule has 2 unspecified atom stereocenters. The molecule has 35 heavy (non-hydrogen) atoms. The smallest absolute Gasteiger partial charge is 0.184 e. The molecule has 0 spiro atoms. The molecule has 14 atom stereocenters. The molecule has 0 saturated carbocycles. The maximum absolute atomic E-state index is 10.2. The van der Waals surface area contributed by atoms with Crippen molar-refractivity contribution in [2.24, 2.45) is 0 Å². The number of hydrogen-bond donors (Lipinski definition) is 14. The minimum atomic E-state index is -2.24. The first kappa shape index (κ1) is 32.3. The van der Waals surface area contributed by atoms with E-state index in [4.69, 9.17) is 24.4 Å². The zero-order valence-corrected chi connectivity index (χ0v) is 18.4. The van der Waals surface area contributed by atoms with E-state index in [1.807, 2.05) is 0 Å². The summed E-state index contributed by atoms with van der Waals surface area (Å²) >= 11 is 0. The molecule has 1 fully saturated rings. The molecule has 17 nitrogen and oxygen atoms in total. The lowest BCUT2D eigenvalue weighted by Crippen LogP contribution is -2.58. The van der Waals surface area contributed by atoms with Crippen LogP contribution >= 0.6 is 0 Å². The van der Waals surface area contributed by atoms with Crippen molar-refractivity contribution in [2.45, 2.75) is 85.8 Å². The Hall–Kier alpha value is -0.680. The van der Waals surface area contributed by atoms with Crippen molar-refractivity contribution in [3.63, 3.8) is 0 Å². The molecule has 17 heteroatoms. The topological polar surface area (TPSA) is 311 Å². The fourth-order valence-electron chi connectivity index (χ4n) is 3.09. The molecule has 0 aromatic carbocycles. The van der Waals surface area contributed by atoms with Gasteiger partial charge in [0, 0.05) is 0 Å². The molecule has 210 valence electrons. The third-order valence-electron chi connectivity index (χ3n) is 5.48. The van der Waals surface area contributed by atoms with E-state index in [2.05, 4.69) is 0 Å². The lowest BCUT2D eigenvalue weighted by Gasteiger charge is -2.39. The predicted octanol–water partition coefficient (Wildman–Crippen LogP) is -8.98. The summed E-state index contributed by atoms with van der Waals surface area (Å²) in [4.78, 5) is 0. The largest absolute Gasteiger partial charge is 0.394 e. The van der Waals surface area contributed by atoms with Crippen LogP contribution in [-0.4, -0.2) is 184 Å². The fourth-order valence-corrected chi connectivity index (χ4v) is 3.09. The van der Waals surface area contributed by atoms with Crippen LogP contribution in [0.5, 0.6) is 0 Å². The molecule has 0 aromatic rings. The third-order valence-corrected chi connectivity index (χ3v) is 5.48. The van der Waals surface area contributed by atoms with Gasteiger partial charge < -0.3 is 85.7 Å². The van der Waals surface area contributed by atoms with Crippen molar-refractivity contribution in [1.29, 1.82) is 0 Å². The van der Waals surface area contributed by atoms with Gasteiger partial charge in [-0.2, -0.15) is 0 Å². The van der Waals surface area contributed by atoms with Crippen LogP contribution in [0.4, 0.5) is 0 Å². The standard InChI is InChI=1S/C18H36O17/c19-1-5(21)9(23)13(27)15(29)17(31)34-3-7-11(25)12(26)8(4-33-7)35-18(32)16(30)14(28)10(24)6(22)2-20/h5-32H,1-4H2/t5-,6-,7-,8+,9-,10-,11-,12-,13+,14+,15+,16+,17?,18?/m1/s1. The molecule has 0 aromatic heterocycles. The molecule has 1 saturated heterocycles. The Kier molecular flexibility index (Phi) is 13.8. The first-order valence-electron chi connectivity index (χ1n) is 10.6. The molecule has 0 radical (unpaired) electrons. The van der Waals surface area contributed by atoms with Crippen LogP contribution in [0.3, 0.4) is 0 Å². The van der Waals surface area contributed by atoms with E-state index >= 15 is 0 Å². The zero-order chi connectivity index (χ0) is 27.0. The maximum Gasteiger partial charge on any atom is 0.184 e. The van der Waals surface area contributed by atoms with Gasteiger partial charge in [0.15, 0.2) is 12.6 Å². The minimum Gasteiger partial charge on any atom is -0.394 e. The van der Waals surface area contributed by atoms with Crippen molar-refractivity contribution in [3.8, 4) is 0 Å². The minimum absolute atomic E-state index is 0.531. The van der Waals surface area contributed by atoms with Crippen LogP contribution < -0.4 is 0 Å². The van der Waals surface area contributed by atoms with Gasteiger partial charge >= 0.3 is 0 Å². The number of rotatable bonds is 15. The highest BCUT2D eigenvalue weighted by molar-refractivity contribution is 4.90. The monoisotopic (exact) mass is 524 g/mol. The lowest BCUT2D eigenvalue weighted by molar-refractivity contribution is -0.284. The zero-order valence-electron chi connectivity index (χ0n) is 18.4. The summed E-state index contributed by atoms with van der Waals surface area (Å²) in [6.07, 6.45) is -27.2. The van der Waals surface area contributed by atoms with Gasteiger partial charge in [0.1, 0.15) is 73.2 Å². The van der Waals surface area contributed by atoms with Crippen molar-refractivity contribution in [3.05, 3.63) is 0 Å². The molecule has 1 rings (SSSR count). The highest BCUT2D eigenvalue weighted by Crippen LogP contribution is 2.22. The van der Waals surface area contributed by atoms with Crippen LogP contribution in [0.15, 0.2) is 0 Å². The number of aliphatic hydroxyl groups is 14. The summed E-state index contributed by atoms with van der Waals surface area (Å²) in [5.74, 6) is 0. The normalized spacial score (nSPS) is 32.1. The second-order valence-electron chi connectivity index (χ2n) is 8.09. The van der Waals surface area contributed by atoms with Gasteiger partial charge in [-0.05, 0) is 0 Å². The Labute approximate surface area is 198 Å². The van der Waals surface area contributed by atoms with E-state index in [1.54, 1.807) is 0 Å². The van der Waals surface area contributed by atoms with Gasteiger partial charge in [-0.25, -0.2) is 0 Å². The Morgan fingerprint density at radius 2 is 1.09 bits per heavy atom. The Bertz CT molecular complexity index is 583. The van der Waals surface area contributed by atoms with Crippen LogP contribution in [0, 0.1) is 0 Å². The van der Waals surface area contributed by atoms with Gasteiger partial charge in [-0.1, -0.05) is 0 Å². The van der Waals surface area contributed by atoms with E-state index < -0.39 is 112 Å². The Morgan fingerprint density at radius 3 is 1.54 bits per heavy atom. The van der Waals surface area contributed by atoms with Crippen molar-refractivity contribution < 1.29 is 85.7 Å². The molecule has 0 aliphatic carbocycles. The van der Waals surface area contributed by atoms with Gasteiger partial charge in [0.05, 0.1) is 26.4 Å². The third kappa shape index (κ3) is 8.69. The van der Waals surface area contributed by atoms with Gasteiger partial charge in [0.2, 0.25) is 0 Å². The van der Waals surface area contributed by atoms with Crippen LogP contribution in [0.1, 0.15) is 0 Å². The molecule has 0 amide bonds. The molecule has 14 N–H and O–H groups in total. The Morgan fingerprint density at radius 1 is 0.629 bits per heavy atom. The highest BCUT2D eigenvalue weighted by atomic mass is 16.7. The van der Waals surface area contributed by atoms with E-state index in [-0.39, 0.29) is 0 Å². The predicted molar refractivity (Wildman–Crippen MR) is 107 cm³/mol. The van der Waals surface area contributed by atoms with Crippen molar-refractivity contribution >= 4 is 0 Å². The number of ether oxygens (including phenoxy) is 3. The molecule has 1 heterocycles. The van der Waals surface area contributed by atoms with Gasteiger partial charge in [-0.3, -0.25) is 0 Å². The SMILES string of the molecule is OC[C@@H](O)[C@@H](O)[C@H](O)[C@H](O)C(O)OC[C@H]1OC[C@H](OC(O)[C@@H](O)[C@@H](O)[C@H](O)[C@H](O)CO)[C@@H](O)[C@@H]1O. The van der Waals surface area contributed by atoms with E-state index in [0.29, 0.717) is 0 Å². The quantitative estimate of drug-likeness (QED) is 0.0884. The summed E-state index contributed by atoms with van der Waals surface area (Å²) in [6, 6.07) is 0. The Balaban J connectivity index is 2.60. The number of hydrogen-bond acceptors (Lipinski definition) is 17. The summed E-state index contributed by atoms with van der Waals surface area (Å²) in [5.41, 5.74) is 0. The van der Waals surface area contributed by atoms with E-state index in [9.17, 15) is 61.3 Å². The van der Waals surface area contributed by atoms with Gasteiger partial charge in [0.25, 0.3) is 0 Å². The van der Waals surface area contributed by atoms with E-state index in [1.165, 1.54) is 0 Å². The first-order chi connectivity index (χ1) is 16.3. The molecule has 1 aliphatic rings. The molecular weight excluding hydrogens is 488 g/mol. The van der Waals surface area contributed by atoms with Crippen LogP contribution in [-0.2, 0) is 14.2 Å². The lowest BCUT2D eigenvalue weighted by atomic mass is 9.99. The average molecular weight is 524 g/mol. The maximum atomic E-state index is 10.2. The number of aliphatic hydroxyl groups excluding tert-OH is 14. The summed E-state index contributed by atoms with van der Waals surface area (Å²) in [6.45, 7) is -3.11. The van der Waals surface area contributed by atoms with Crippen molar-refractivity contribution in [1.82, 2.24) is 0 Å². The molecular formula is C18H36O17. The van der Waals surface area contributed by atoms with E-state index in [0.717, 1.165) is 0 Å². The summed E-state index contributed by atoms with van der Waals surface area (Å²) < 4.78 is 15.0. The highest BCUT2D eigenvalue weighted by Gasteiger charge is 2.43. The second-order valence-corrected chi connectivity index (χ2v) is 8.09. The summed E-state index contributed by atoms with van der Waals surface area (Å²) in [7, 11) is 0. The first-order valence-corrected chi connectivity index (χ1v) is 10.6. The molecule has 0 bridgehead atoms. The van der Waals surface area contributed by atoms with Crippen LogP contribution in [0.25, 0.3) is 0 Å². The van der Waals surface area contributed by atoms with Crippen molar-refractivity contribution in [2.75, 3.05) is 26.4 Å². The molecule has 1 aliphatic heterocycles.